The Morgan fingerprint density at radius 2 is 2.03 bits per heavy atom. The van der Waals surface area contributed by atoms with Crippen LogP contribution in [0.3, 0.4) is 0 Å². The summed E-state index contributed by atoms with van der Waals surface area (Å²) in [5.74, 6) is -3.04. The lowest BCUT2D eigenvalue weighted by Crippen LogP contribution is -2.38. The van der Waals surface area contributed by atoms with Crippen LogP contribution in [0.15, 0.2) is 30.3 Å². The molecule has 4 rings (SSSR count). The number of sulfone groups is 1. The van der Waals surface area contributed by atoms with Crippen molar-refractivity contribution in [3.8, 4) is 11.6 Å². The highest BCUT2D eigenvalue weighted by atomic mass is 32.2. The summed E-state index contributed by atoms with van der Waals surface area (Å²) in [6.07, 6.45) is 2.44. The first-order chi connectivity index (χ1) is 17.3. The number of aromatic nitrogens is 1. The maximum absolute atomic E-state index is 13.6. The lowest BCUT2D eigenvalue weighted by atomic mass is 10.1. The minimum atomic E-state index is -3.76. The fraction of sp³-hybridized carbons (Fsp3) is 0.391. The van der Waals surface area contributed by atoms with Crippen molar-refractivity contribution in [3.63, 3.8) is 0 Å². The molecule has 0 saturated heterocycles. The van der Waals surface area contributed by atoms with Crippen molar-refractivity contribution < 1.29 is 36.4 Å². The van der Waals surface area contributed by atoms with Gasteiger partial charge in [0.2, 0.25) is 5.91 Å². The molecular formula is C23H25N3O7S. The summed E-state index contributed by atoms with van der Waals surface area (Å²) in [5.41, 5.74) is 0.124. The van der Waals surface area contributed by atoms with Gasteiger partial charge in [0.25, 0.3) is 17.7 Å². The van der Waals surface area contributed by atoms with Gasteiger partial charge in [0.1, 0.15) is 9.84 Å². The van der Waals surface area contributed by atoms with Gasteiger partial charge < -0.3 is 14.8 Å². The van der Waals surface area contributed by atoms with E-state index in [0.717, 1.165) is 24.0 Å². The van der Waals surface area contributed by atoms with Crippen molar-refractivity contribution in [1.29, 1.82) is 0 Å². The van der Waals surface area contributed by atoms with Crippen molar-refractivity contribution in [2.75, 3.05) is 31.0 Å². The molecule has 1 fully saturated rings. The highest BCUT2D eigenvalue weighted by Gasteiger charge is 2.44. The van der Waals surface area contributed by atoms with Gasteiger partial charge in [0.05, 0.1) is 52.1 Å². The maximum Gasteiger partial charge on any atom is 0.264 e. The third-order valence-electron chi connectivity index (χ3n) is 5.50. The zero-order valence-electron chi connectivity index (χ0n) is 21.5. The minimum Gasteiger partial charge on any atom is -0.491 e. The summed E-state index contributed by atoms with van der Waals surface area (Å²) in [7, 11) is -6.56. The quantitative estimate of drug-likeness (QED) is 0.529. The first-order valence-electron chi connectivity index (χ1n) is 12.1. The van der Waals surface area contributed by atoms with E-state index in [1.54, 1.807) is 6.92 Å². The Hall–Kier alpha value is -3.47. The second kappa shape index (κ2) is 9.05. The molecule has 1 saturated carbocycles. The first kappa shape index (κ1) is 20.0. The lowest BCUT2D eigenvalue weighted by molar-refractivity contribution is -0.117. The van der Waals surface area contributed by atoms with E-state index < -0.39 is 40.5 Å². The molecule has 2 aromatic rings. The number of hydrogen-bond donors (Lipinski definition) is 1. The second-order valence-electron chi connectivity index (χ2n) is 8.15. The van der Waals surface area contributed by atoms with Gasteiger partial charge in [-0.2, -0.15) is 0 Å². The lowest BCUT2D eigenvalue weighted by Gasteiger charge is -2.26. The molecule has 0 bridgehead atoms. The van der Waals surface area contributed by atoms with Crippen LogP contribution in [0.25, 0.3) is 0 Å². The number of ether oxygens (including phenoxy) is 2. The van der Waals surface area contributed by atoms with Crippen LogP contribution in [0.5, 0.6) is 11.6 Å². The average Bonchev–Trinajstić information content (AvgIpc) is 3.60. The molecule has 1 aromatic carbocycles. The van der Waals surface area contributed by atoms with Gasteiger partial charge in [0.15, 0.2) is 5.75 Å². The molecular weight excluding hydrogens is 462 g/mol. The van der Waals surface area contributed by atoms with E-state index in [4.69, 9.17) is 13.6 Å². The van der Waals surface area contributed by atoms with E-state index >= 15 is 0 Å². The summed E-state index contributed by atoms with van der Waals surface area (Å²) >= 11 is 0. The molecule has 2 heterocycles. The number of nitrogens with one attached hydrogen (secondary N) is 1. The third kappa shape index (κ3) is 4.60. The summed E-state index contributed by atoms with van der Waals surface area (Å²) in [4.78, 5) is 44.3. The van der Waals surface area contributed by atoms with E-state index in [-0.39, 0.29) is 52.6 Å². The van der Waals surface area contributed by atoms with Crippen LogP contribution >= 0.6 is 0 Å². The Balaban J connectivity index is 1.76. The molecule has 1 atom stereocenters. The van der Waals surface area contributed by atoms with Crippen LogP contribution in [0.2, 0.25) is 0 Å². The van der Waals surface area contributed by atoms with E-state index in [0.29, 0.717) is 0 Å². The highest BCUT2D eigenvalue weighted by Crippen LogP contribution is 2.38. The SMILES string of the molecule is [2H]C([2H])([2H])Oc1ccc([C@H](CS(C)(=O)=O)N2C(=O)c3cccc(NC(=O)C4CC4)c3C2=O)nc1OCC. The molecule has 2 aliphatic rings. The molecule has 10 nitrogen and oxygen atoms in total. The molecule has 1 N–H and O–H groups in total. The number of carbonyl (C=O) groups excluding carboxylic acids is 3. The molecule has 3 amide bonds. The Bertz CT molecular complexity index is 1370. The summed E-state index contributed by atoms with van der Waals surface area (Å²) in [6.45, 7) is 1.71. The maximum atomic E-state index is 13.6. The fourth-order valence-corrected chi connectivity index (χ4v) is 4.69. The molecule has 0 radical (unpaired) electrons. The molecule has 11 heteroatoms. The Kier molecular flexibility index (Phi) is 5.31. The fourth-order valence-electron chi connectivity index (χ4n) is 3.80. The van der Waals surface area contributed by atoms with Crippen LogP contribution < -0.4 is 14.8 Å². The predicted molar refractivity (Wildman–Crippen MR) is 123 cm³/mol. The van der Waals surface area contributed by atoms with Crippen LogP contribution in [-0.2, 0) is 14.6 Å². The number of rotatable bonds is 9. The first-order valence-corrected chi connectivity index (χ1v) is 12.7. The third-order valence-corrected chi connectivity index (χ3v) is 6.43. The number of imide groups is 1. The number of hydrogen-bond acceptors (Lipinski definition) is 8. The molecule has 34 heavy (non-hydrogen) atoms. The molecule has 0 spiro atoms. The van der Waals surface area contributed by atoms with Gasteiger partial charge >= 0.3 is 0 Å². The van der Waals surface area contributed by atoms with Crippen molar-refractivity contribution >= 4 is 33.2 Å². The normalized spacial score (nSPS) is 17.9. The predicted octanol–water partition coefficient (Wildman–Crippen LogP) is 2.22. The second-order valence-corrected chi connectivity index (χ2v) is 10.3. The number of nitrogens with zero attached hydrogens (tertiary/aromatic N) is 2. The smallest absolute Gasteiger partial charge is 0.264 e. The largest absolute Gasteiger partial charge is 0.491 e. The van der Waals surface area contributed by atoms with Crippen molar-refractivity contribution in [2.24, 2.45) is 5.92 Å². The monoisotopic (exact) mass is 490 g/mol. The van der Waals surface area contributed by atoms with Crippen LogP contribution in [0.4, 0.5) is 5.69 Å². The van der Waals surface area contributed by atoms with Crippen LogP contribution in [-0.4, -0.2) is 61.7 Å². The summed E-state index contributed by atoms with van der Waals surface area (Å²) in [6, 6.07) is 5.59. The number of fused-ring (bicyclic) bond motifs is 1. The van der Waals surface area contributed by atoms with Gasteiger partial charge in [-0.1, -0.05) is 6.07 Å². The number of methoxy groups -OCH3 is 1. The summed E-state index contributed by atoms with van der Waals surface area (Å²) < 4.78 is 57.0. The Morgan fingerprint density at radius 3 is 2.68 bits per heavy atom. The van der Waals surface area contributed by atoms with Crippen molar-refractivity contribution in [1.82, 2.24) is 9.88 Å². The van der Waals surface area contributed by atoms with Gasteiger partial charge in [-0.15, -0.1) is 0 Å². The number of benzene rings is 1. The number of anilines is 1. The van der Waals surface area contributed by atoms with Crippen LogP contribution in [0.1, 0.15) is 56.3 Å². The van der Waals surface area contributed by atoms with Crippen molar-refractivity contribution in [2.45, 2.75) is 25.8 Å². The number of amides is 3. The highest BCUT2D eigenvalue weighted by molar-refractivity contribution is 7.90. The molecule has 1 aromatic heterocycles. The van der Waals surface area contributed by atoms with E-state index in [9.17, 15) is 22.8 Å². The van der Waals surface area contributed by atoms with E-state index in [1.807, 2.05) is 0 Å². The standard InChI is InChI=1S/C23H25N3O7S/c1-4-33-21-18(32-2)11-10-15(25-21)17(12-34(3,30)31)26-22(28)14-6-5-7-16(19(14)23(26)29)24-20(27)13-8-9-13/h5-7,10-11,13,17H,4,8-9,12H2,1-3H3,(H,24,27)/t17-/m0/s1/i2D3. The van der Waals surface area contributed by atoms with Crippen molar-refractivity contribution in [3.05, 3.63) is 47.2 Å². The summed E-state index contributed by atoms with van der Waals surface area (Å²) in [5, 5.41) is 2.70. The van der Waals surface area contributed by atoms with E-state index in [2.05, 4.69) is 10.3 Å². The molecule has 1 aliphatic heterocycles. The average molecular weight is 491 g/mol. The minimum absolute atomic E-state index is 0.0180. The number of carbonyl (C=O) groups is 3. The van der Waals surface area contributed by atoms with Gasteiger partial charge in [-0.25, -0.2) is 13.4 Å². The topological polar surface area (TPSA) is 132 Å². The molecule has 1 aliphatic carbocycles. The number of pyridine rings is 1. The van der Waals surface area contributed by atoms with Crippen LogP contribution in [0, 0.1) is 5.92 Å². The van der Waals surface area contributed by atoms with Gasteiger partial charge in [-0.3, -0.25) is 19.3 Å². The molecule has 180 valence electrons. The van der Waals surface area contributed by atoms with Gasteiger partial charge in [-0.05, 0) is 44.0 Å². The Morgan fingerprint density at radius 1 is 1.26 bits per heavy atom. The van der Waals surface area contributed by atoms with Gasteiger partial charge in [0, 0.05) is 12.2 Å². The zero-order valence-corrected chi connectivity index (χ0v) is 19.3. The Labute approximate surface area is 201 Å². The van der Waals surface area contributed by atoms with E-state index in [1.165, 1.54) is 30.3 Å². The zero-order chi connectivity index (χ0) is 27.1. The molecule has 0 unspecified atom stereocenters.